The van der Waals surface area contributed by atoms with Crippen LogP contribution in [-0.2, 0) is 17.8 Å². The van der Waals surface area contributed by atoms with E-state index in [1.54, 1.807) is 24.3 Å². The molecule has 3 aromatic rings. The zero-order valence-corrected chi connectivity index (χ0v) is 14.5. The molecule has 0 radical (unpaired) electrons. The fourth-order valence-corrected chi connectivity index (χ4v) is 3.15. The Hall–Kier alpha value is -3.15. The molecule has 132 valence electrons. The third-order valence-electron chi connectivity index (χ3n) is 4.51. The summed E-state index contributed by atoms with van der Waals surface area (Å²) in [4.78, 5) is 18.5. The van der Waals surface area contributed by atoms with Gasteiger partial charge in [-0.2, -0.15) is 0 Å². The van der Waals surface area contributed by atoms with E-state index in [0.29, 0.717) is 31.0 Å². The first-order valence-electron chi connectivity index (χ1n) is 8.52. The van der Waals surface area contributed by atoms with Gasteiger partial charge in [-0.05, 0) is 30.2 Å². The van der Waals surface area contributed by atoms with Gasteiger partial charge in [0.15, 0.2) is 5.76 Å². The Balaban J connectivity index is 1.42. The Bertz CT molecular complexity index is 907. The molecule has 1 atom stereocenters. The van der Waals surface area contributed by atoms with Crippen molar-refractivity contribution in [1.29, 1.82) is 0 Å². The summed E-state index contributed by atoms with van der Waals surface area (Å²) < 4.78 is 11.1. The number of aromatic nitrogens is 2. The van der Waals surface area contributed by atoms with Crippen LogP contribution in [0.5, 0.6) is 5.75 Å². The van der Waals surface area contributed by atoms with E-state index in [4.69, 9.17) is 9.26 Å². The summed E-state index contributed by atoms with van der Waals surface area (Å²) in [7, 11) is 1.77. The Morgan fingerprint density at radius 2 is 2.15 bits per heavy atom. The first-order chi connectivity index (χ1) is 12.7. The van der Waals surface area contributed by atoms with Crippen LogP contribution in [0.3, 0.4) is 0 Å². The summed E-state index contributed by atoms with van der Waals surface area (Å²) in [6.45, 7) is 0.766. The van der Waals surface area contributed by atoms with Crippen molar-refractivity contribution in [2.24, 2.45) is 5.92 Å². The lowest BCUT2D eigenvalue weighted by Gasteiger charge is -2.27. The van der Waals surface area contributed by atoms with Gasteiger partial charge >= 0.3 is 0 Å². The van der Waals surface area contributed by atoms with Gasteiger partial charge in [0.25, 0.3) is 0 Å². The minimum absolute atomic E-state index is 0.0406. The summed E-state index contributed by atoms with van der Waals surface area (Å²) in [5.41, 5.74) is 2.67. The zero-order valence-electron chi connectivity index (χ0n) is 14.5. The van der Waals surface area contributed by atoms with Gasteiger partial charge in [-0.15, -0.1) is 0 Å². The number of amides is 1. The van der Waals surface area contributed by atoms with Crippen molar-refractivity contribution in [2.45, 2.75) is 13.0 Å². The molecule has 0 saturated heterocycles. The van der Waals surface area contributed by atoms with Gasteiger partial charge in [0.2, 0.25) is 5.91 Å². The fourth-order valence-electron chi connectivity index (χ4n) is 3.15. The quantitative estimate of drug-likeness (QED) is 0.724. The van der Waals surface area contributed by atoms with Crippen molar-refractivity contribution in [2.75, 3.05) is 13.7 Å². The number of hydrogen-bond acceptors (Lipinski definition) is 5. The van der Waals surface area contributed by atoms with Gasteiger partial charge in [-0.25, -0.2) is 0 Å². The summed E-state index contributed by atoms with van der Waals surface area (Å²) in [6, 6.07) is 13.5. The van der Waals surface area contributed by atoms with Crippen LogP contribution in [0, 0.1) is 5.92 Å². The van der Waals surface area contributed by atoms with Crippen LogP contribution in [-0.4, -0.2) is 34.6 Å². The SMILES string of the molecule is CN(Cc1cc(-c2cccnc2)no1)C(=O)C1COc2ccccc2C1. The lowest BCUT2D eigenvalue weighted by molar-refractivity contribution is -0.136. The summed E-state index contributed by atoms with van der Waals surface area (Å²) in [5.74, 6) is 1.36. The highest BCUT2D eigenvalue weighted by Gasteiger charge is 2.28. The van der Waals surface area contributed by atoms with Gasteiger partial charge in [0.1, 0.15) is 18.1 Å². The van der Waals surface area contributed by atoms with Crippen LogP contribution < -0.4 is 4.74 Å². The van der Waals surface area contributed by atoms with Crippen LogP contribution in [0.4, 0.5) is 0 Å². The second-order valence-corrected chi connectivity index (χ2v) is 6.43. The Kier molecular flexibility index (Phi) is 4.39. The molecule has 26 heavy (non-hydrogen) atoms. The molecular weight excluding hydrogens is 330 g/mol. The number of nitrogens with zero attached hydrogens (tertiary/aromatic N) is 3. The highest BCUT2D eigenvalue weighted by molar-refractivity contribution is 5.79. The van der Waals surface area contributed by atoms with Gasteiger partial charge in [-0.1, -0.05) is 23.4 Å². The smallest absolute Gasteiger partial charge is 0.229 e. The molecule has 1 aliphatic heterocycles. The maximum atomic E-state index is 12.8. The van der Waals surface area contributed by atoms with Gasteiger partial charge in [0.05, 0.1) is 12.5 Å². The Morgan fingerprint density at radius 1 is 1.27 bits per heavy atom. The third-order valence-corrected chi connectivity index (χ3v) is 4.51. The number of rotatable bonds is 4. The van der Waals surface area contributed by atoms with Crippen LogP contribution >= 0.6 is 0 Å². The highest BCUT2D eigenvalue weighted by atomic mass is 16.5. The van der Waals surface area contributed by atoms with Gasteiger partial charge in [0, 0.05) is 31.1 Å². The van der Waals surface area contributed by atoms with Crippen LogP contribution in [0.15, 0.2) is 59.4 Å². The summed E-state index contributed by atoms with van der Waals surface area (Å²) >= 11 is 0. The molecule has 0 saturated carbocycles. The standard InChI is InChI=1S/C20H19N3O3/c1-23(12-17-10-18(22-26-17)15-6-4-8-21-11-15)20(24)16-9-14-5-2-3-7-19(14)25-13-16/h2-8,10-11,16H,9,12-13H2,1H3. The van der Waals surface area contributed by atoms with E-state index >= 15 is 0 Å². The predicted octanol–water partition coefficient (Wildman–Crippen LogP) is 2.95. The molecule has 6 heteroatoms. The van der Waals surface area contributed by atoms with Crippen molar-refractivity contribution in [1.82, 2.24) is 15.0 Å². The molecule has 1 unspecified atom stereocenters. The average molecular weight is 349 g/mol. The number of hydrogen-bond donors (Lipinski definition) is 0. The minimum atomic E-state index is -0.185. The maximum absolute atomic E-state index is 12.8. The lowest BCUT2D eigenvalue weighted by Crippen LogP contribution is -2.38. The van der Waals surface area contributed by atoms with E-state index in [2.05, 4.69) is 10.1 Å². The Labute approximate surface area is 151 Å². The second kappa shape index (κ2) is 7.00. The molecule has 0 aliphatic carbocycles. The molecule has 0 fully saturated rings. The molecule has 3 heterocycles. The van der Waals surface area contributed by atoms with Gasteiger partial charge < -0.3 is 14.2 Å². The first-order valence-corrected chi connectivity index (χ1v) is 8.52. The van der Waals surface area contributed by atoms with E-state index in [-0.39, 0.29) is 11.8 Å². The van der Waals surface area contributed by atoms with Crippen molar-refractivity contribution in [3.63, 3.8) is 0 Å². The molecule has 0 bridgehead atoms. The minimum Gasteiger partial charge on any atom is -0.492 e. The predicted molar refractivity (Wildman–Crippen MR) is 95.3 cm³/mol. The summed E-state index contributed by atoms with van der Waals surface area (Å²) in [5, 5.41) is 4.06. The topological polar surface area (TPSA) is 68.5 Å². The number of ether oxygens (including phenoxy) is 1. The molecule has 2 aromatic heterocycles. The van der Waals surface area contributed by atoms with E-state index in [1.807, 2.05) is 42.5 Å². The Morgan fingerprint density at radius 3 is 3.00 bits per heavy atom. The average Bonchev–Trinajstić information content (AvgIpc) is 3.16. The second-order valence-electron chi connectivity index (χ2n) is 6.43. The molecular formula is C20H19N3O3. The van der Waals surface area contributed by atoms with E-state index < -0.39 is 0 Å². The monoisotopic (exact) mass is 349 g/mol. The highest BCUT2D eigenvalue weighted by Crippen LogP contribution is 2.28. The van der Waals surface area contributed by atoms with Crippen molar-refractivity contribution in [3.05, 3.63) is 66.2 Å². The molecule has 4 rings (SSSR count). The molecule has 0 spiro atoms. The molecule has 1 amide bonds. The maximum Gasteiger partial charge on any atom is 0.229 e. The van der Waals surface area contributed by atoms with Crippen molar-refractivity contribution in [3.8, 4) is 17.0 Å². The van der Waals surface area contributed by atoms with Crippen molar-refractivity contribution < 1.29 is 14.1 Å². The summed E-state index contributed by atoms with van der Waals surface area (Å²) in [6.07, 6.45) is 4.13. The zero-order chi connectivity index (χ0) is 17.9. The number of benzene rings is 1. The third kappa shape index (κ3) is 3.31. The molecule has 1 aliphatic rings. The number of carbonyl (C=O) groups excluding carboxylic acids is 1. The largest absolute Gasteiger partial charge is 0.492 e. The molecule has 0 N–H and O–H groups in total. The lowest BCUT2D eigenvalue weighted by atomic mass is 9.95. The normalized spacial score (nSPS) is 15.8. The number of carbonyl (C=O) groups is 1. The molecule has 6 nitrogen and oxygen atoms in total. The van der Waals surface area contributed by atoms with Crippen LogP contribution in [0.2, 0.25) is 0 Å². The van der Waals surface area contributed by atoms with Crippen LogP contribution in [0.25, 0.3) is 11.3 Å². The number of fused-ring (bicyclic) bond motifs is 1. The fraction of sp³-hybridized carbons (Fsp3) is 0.250. The number of para-hydroxylation sites is 1. The van der Waals surface area contributed by atoms with Crippen molar-refractivity contribution >= 4 is 5.91 Å². The number of pyridine rings is 1. The van der Waals surface area contributed by atoms with E-state index in [1.165, 1.54) is 0 Å². The van der Waals surface area contributed by atoms with Crippen LogP contribution in [0.1, 0.15) is 11.3 Å². The molecule has 1 aromatic carbocycles. The van der Waals surface area contributed by atoms with Gasteiger partial charge in [-0.3, -0.25) is 9.78 Å². The first kappa shape index (κ1) is 16.3. The van der Waals surface area contributed by atoms with E-state index in [9.17, 15) is 4.79 Å². The van der Waals surface area contributed by atoms with E-state index in [0.717, 1.165) is 16.9 Å².